The predicted octanol–water partition coefficient (Wildman–Crippen LogP) is 2.27. The largest absolute Gasteiger partial charge is 0.370 e. The van der Waals surface area contributed by atoms with Crippen molar-refractivity contribution in [2.75, 3.05) is 11.9 Å². The van der Waals surface area contributed by atoms with E-state index in [2.05, 4.69) is 28.4 Å². The van der Waals surface area contributed by atoms with Crippen LogP contribution in [0.4, 0.5) is 5.82 Å². The first kappa shape index (κ1) is 13.1. The normalized spacial score (nSPS) is 10.2. The van der Waals surface area contributed by atoms with E-state index < -0.39 is 0 Å². The van der Waals surface area contributed by atoms with E-state index in [1.807, 2.05) is 23.7 Å². The first-order valence-corrected chi connectivity index (χ1v) is 6.30. The van der Waals surface area contributed by atoms with Crippen molar-refractivity contribution in [3.8, 4) is 6.07 Å². The van der Waals surface area contributed by atoms with Crippen molar-refractivity contribution >= 4 is 5.82 Å². The minimum atomic E-state index is 0.577. The highest BCUT2D eigenvalue weighted by Gasteiger charge is 2.00. The smallest absolute Gasteiger partial charge is 0.125 e. The molecule has 0 fully saturated rings. The summed E-state index contributed by atoms with van der Waals surface area (Å²) in [4.78, 5) is 4.16. The zero-order valence-electron chi connectivity index (χ0n) is 11.2. The lowest BCUT2D eigenvalue weighted by molar-refractivity contribution is 0.573. The fourth-order valence-electron chi connectivity index (χ4n) is 1.91. The maximum Gasteiger partial charge on any atom is 0.125 e. The molecule has 5 nitrogen and oxygen atoms in total. The fraction of sp³-hybridized carbons (Fsp3) is 0.357. The zero-order chi connectivity index (χ0) is 13.7. The number of nitrogens with one attached hydrogen (secondary N) is 1. The van der Waals surface area contributed by atoms with Crippen molar-refractivity contribution in [2.24, 2.45) is 0 Å². The molecule has 0 radical (unpaired) electrons. The van der Waals surface area contributed by atoms with Gasteiger partial charge in [-0.05, 0) is 38.5 Å². The summed E-state index contributed by atoms with van der Waals surface area (Å²) < 4.78 is 2.02. The molecule has 2 aromatic heterocycles. The Balaban J connectivity index is 1.77. The number of pyridine rings is 1. The summed E-state index contributed by atoms with van der Waals surface area (Å²) in [5.74, 6) is 0.798. The summed E-state index contributed by atoms with van der Waals surface area (Å²) in [5, 5.41) is 16.3. The third-order valence-corrected chi connectivity index (χ3v) is 2.85. The number of aromatic nitrogens is 3. The quantitative estimate of drug-likeness (QED) is 0.832. The van der Waals surface area contributed by atoms with Gasteiger partial charge in [0.2, 0.25) is 0 Å². The van der Waals surface area contributed by atoms with E-state index in [-0.39, 0.29) is 0 Å². The van der Waals surface area contributed by atoms with Gasteiger partial charge in [0, 0.05) is 25.0 Å². The minimum Gasteiger partial charge on any atom is -0.370 e. The van der Waals surface area contributed by atoms with Crippen LogP contribution in [0, 0.1) is 25.2 Å². The molecule has 98 valence electrons. The molecule has 0 atom stereocenters. The number of hydrogen-bond acceptors (Lipinski definition) is 4. The summed E-state index contributed by atoms with van der Waals surface area (Å²) in [6.07, 6.45) is 2.55. The van der Waals surface area contributed by atoms with E-state index in [9.17, 15) is 0 Å². The molecule has 0 amide bonds. The molecule has 0 aliphatic carbocycles. The van der Waals surface area contributed by atoms with Crippen LogP contribution in [-0.2, 0) is 6.54 Å². The number of nitriles is 1. The number of aryl methyl sites for hydroxylation is 3. The Morgan fingerprint density at radius 2 is 2.21 bits per heavy atom. The maximum absolute atomic E-state index is 8.68. The third kappa shape index (κ3) is 3.55. The fourth-order valence-corrected chi connectivity index (χ4v) is 1.91. The summed E-state index contributed by atoms with van der Waals surface area (Å²) in [6, 6.07) is 7.71. The predicted molar refractivity (Wildman–Crippen MR) is 73.8 cm³/mol. The molecule has 2 aromatic rings. The molecule has 1 N–H and O–H groups in total. The Morgan fingerprint density at radius 1 is 1.37 bits per heavy atom. The topological polar surface area (TPSA) is 66.5 Å². The highest BCUT2D eigenvalue weighted by atomic mass is 15.3. The van der Waals surface area contributed by atoms with E-state index in [1.54, 1.807) is 12.3 Å². The van der Waals surface area contributed by atoms with Gasteiger partial charge in [-0.25, -0.2) is 4.98 Å². The molecule has 0 aliphatic heterocycles. The van der Waals surface area contributed by atoms with Crippen molar-refractivity contribution < 1.29 is 0 Å². The summed E-state index contributed by atoms with van der Waals surface area (Å²) in [6.45, 7) is 5.79. The second-order valence-corrected chi connectivity index (χ2v) is 4.47. The molecule has 0 spiro atoms. The standard InChI is InChI=1S/C14H17N5/c1-11-8-12(2)19(18-11)7-3-6-16-14-5-4-13(9-15)10-17-14/h4-5,8,10H,3,6-7H2,1-2H3,(H,16,17). The van der Waals surface area contributed by atoms with E-state index in [0.29, 0.717) is 5.56 Å². The maximum atomic E-state index is 8.68. The van der Waals surface area contributed by atoms with Crippen LogP contribution in [0.25, 0.3) is 0 Å². The van der Waals surface area contributed by atoms with Gasteiger partial charge in [-0.1, -0.05) is 0 Å². The molecule has 19 heavy (non-hydrogen) atoms. The lowest BCUT2D eigenvalue weighted by Crippen LogP contribution is -2.09. The van der Waals surface area contributed by atoms with Gasteiger partial charge in [0.05, 0.1) is 11.3 Å². The highest BCUT2D eigenvalue weighted by Crippen LogP contribution is 2.05. The van der Waals surface area contributed by atoms with Crippen LogP contribution < -0.4 is 5.32 Å². The molecule has 0 saturated carbocycles. The second-order valence-electron chi connectivity index (χ2n) is 4.47. The molecule has 2 heterocycles. The van der Waals surface area contributed by atoms with Crippen LogP contribution in [0.3, 0.4) is 0 Å². The first-order valence-electron chi connectivity index (χ1n) is 6.30. The molecule has 0 unspecified atom stereocenters. The van der Waals surface area contributed by atoms with Crippen molar-refractivity contribution in [3.63, 3.8) is 0 Å². The number of nitrogens with zero attached hydrogens (tertiary/aromatic N) is 4. The third-order valence-electron chi connectivity index (χ3n) is 2.85. The number of rotatable bonds is 5. The molecule has 0 aliphatic rings. The molecular weight excluding hydrogens is 238 g/mol. The van der Waals surface area contributed by atoms with Crippen LogP contribution in [0.5, 0.6) is 0 Å². The summed E-state index contributed by atoms with van der Waals surface area (Å²) >= 11 is 0. The minimum absolute atomic E-state index is 0.577. The Labute approximate surface area is 112 Å². The van der Waals surface area contributed by atoms with Crippen molar-refractivity contribution in [1.82, 2.24) is 14.8 Å². The van der Waals surface area contributed by atoms with Gasteiger partial charge in [-0.15, -0.1) is 0 Å². The highest BCUT2D eigenvalue weighted by molar-refractivity contribution is 5.38. The average Bonchev–Trinajstić information content (AvgIpc) is 2.74. The Kier molecular flexibility index (Phi) is 4.14. The van der Waals surface area contributed by atoms with Crippen LogP contribution >= 0.6 is 0 Å². The van der Waals surface area contributed by atoms with E-state index >= 15 is 0 Å². The van der Waals surface area contributed by atoms with Crippen LogP contribution in [-0.4, -0.2) is 21.3 Å². The average molecular weight is 255 g/mol. The monoisotopic (exact) mass is 255 g/mol. The van der Waals surface area contributed by atoms with E-state index in [0.717, 1.165) is 31.0 Å². The lowest BCUT2D eigenvalue weighted by atomic mass is 10.3. The number of hydrogen-bond donors (Lipinski definition) is 1. The van der Waals surface area contributed by atoms with Gasteiger partial charge in [0.15, 0.2) is 0 Å². The molecule has 0 aromatic carbocycles. The van der Waals surface area contributed by atoms with Crippen molar-refractivity contribution in [2.45, 2.75) is 26.8 Å². The van der Waals surface area contributed by atoms with Gasteiger partial charge in [0.1, 0.15) is 11.9 Å². The van der Waals surface area contributed by atoms with Crippen LogP contribution in [0.15, 0.2) is 24.4 Å². The summed E-state index contributed by atoms with van der Waals surface area (Å²) in [7, 11) is 0. The molecule has 5 heteroatoms. The SMILES string of the molecule is Cc1cc(C)n(CCCNc2ccc(C#N)cn2)n1. The first-order chi connectivity index (χ1) is 9.19. The van der Waals surface area contributed by atoms with Crippen LogP contribution in [0.1, 0.15) is 23.4 Å². The van der Waals surface area contributed by atoms with Gasteiger partial charge < -0.3 is 5.32 Å². The van der Waals surface area contributed by atoms with E-state index in [4.69, 9.17) is 5.26 Å². The summed E-state index contributed by atoms with van der Waals surface area (Å²) in [5.41, 5.74) is 2.82. The molecule has 2 rings (SSSR count). The second kappa shape index (κ2) is 6.01. The van der Waals surface area contributed by atoms with Crippen molar-refractivity contribution in [1.29, 1.82) is 5.26 Å². The molecule has 0 saturated heterocycles. The van der Waals surface area contributed by atoms with E-state index in [1.165, 1.54) is 5.69 Å². The van der Waals surface area contributed by atoms with Gasteiger partial charge >= 0.3 is 0 Å². The number of anilines is 1. The van der Waals surface area contributed by atoms with Gasteiger partial charge in [0.25, 0.3) is 0 Å². The van der Waals surface area contributed by atoms with Gasteiger partial charge in [-0.2, -0.15) is 10.4 Å². The Morgan fingerprint density at radius 3 is 2.79 bits per heavy atom. The van der Waals surface area contributed by atoms with Gasteiger partial charge in [-0.3, -0.25) is 4.68 Å². The van der Waals surface area contributed by atoms with Crippen molar-refractivity contribution in [3.05, 3.63) is 41.3 Å². The molecular formula is C14H17N5. The Bertz CT molecular complexity index is 577. The zero-order valence-corrected chi connectivity index (χ0v) is 11.2. The lowest BCUT2D eigenvalue weighted by Gasteiger charge is -2.06. The van der Waals surface area contributed by atoms with Crippen LogP contribution in [0.2, 0.25) is 0 Å². The molecule has 0 bridgehead atoms. The Hall–Kier alpha value is -2.35.